The number of rotatable bonds is 6. The van der Waals surface area contributed by atoms with Gasteiger partial charge in [-0.15, -0.1) is 0 Å². The van der Waals surface area contributed by atoms with Crippen molar-refractivity contribution >= 4 is 14.1 Å². The molecular weight excluding hydrogens is 368 g/mol. The molecule has 0 bridgehead atoms. The van der Waals surface area contributed by atoms with Crippen LogP contribution in [0.3, 0.4) is 0 Å². The first-order chi connectivity index (χ1) is 12.8. The second-order valence-electron chi connectivity index (χ2n) is 9.81. The number of carbonyl (C=O) groups is 1. The molecule has 1 heterocycles. The second-order valence-corrected chi connectivity index (χ2v) is 14.6. The lowest BCUT2D eigenvalue weighted by molar-refractivity contribution is -0.280. The molecule has 0 aromatic heterocycles. The number of Topliss-reactive ketones (excluding diaryl/α,β-unsaturated/α-hetero) is 1. The predicted octanol–water partition coefficient (Wildman–Crippen LogP) is 5.74. The summed E-state index contributed by atoms with van der Waals surface area (Å²) in [5.74, 6) is 0.183. The topological polar surface area (TPSA) is 44.8 Å². The lowest BCUT2D eigenvalue weighted by Gasteiger charge is -2.46. The van der Waals surface area contributed by atoms with Gasteiger partial charge in [0.15, 0.2) is 20.4 Å². The van der Waals surface area contributed by atoms with Crippen molar-refractivity contribution in [3.8, 4) is 0 Å². The Hall–Kier alpha value is -1.01. The van der Waals surface area contributed by atoms with Gasteiger partial charge in [-0.1, -0.05) is 65.0 Å². The van der Waals surface area contributed by atoms with Crippen LogP contribution in [-0.2, 0) is 18.7 Å². The van der Waals surface area contributed by atoms with Gasteiger partial charge >= 0.3 is 0 Å². The lowest BCUT2D eigenvalue weighted by atomic mass is 9.84. The van der Waals surface area contributed by atoms with Gasteiger partial charge in [0, 0.05) is 17.4 Å². The maximum atomic E-state index is 12.6. The Morgan fingerprint density at radius 3 is 2.18 bits per heavy atom. The van der Waals surface area contributed by atoms with Crippen LogP contribution in [0.25, 0.3) is 0 Å². The first-order valence-electron chi connectivity index (χ1n) is 10.4. The van der Waals surface area contributed by atoms with E-state index in [-0.39, 0.29) is 34.9 Å². The zero-order valence-electron chi connectivity index (χ0n) is 19.0. The van der Waals surface area contributed by atoms with Crippen molar-refractivity contribution in [2.24, 2.45) is 11.8 Å². The SMILES string of the molecule is CC(=O)[C@@H](O[Si](C)(C)C(C)(C)C)[C@H](C)[C@H]1O[C@H](c2ccccc2)O[C@H](C)[C@@H]1C. The Morgan fingerprint density at radius 2 is 1.68 bits per heavy atom. The summed E-state index contributed by atoms with van der Waals surface area (Å²) in [7, 11) is -2.08. The van der Waals surface area contributed by atoms with Gasteiger partial charge < -0.3 is 13.9 Å². The molecule has 5 heteroatoms. The molecule has 0 saturated carbocycles. The smallest absolute Gasteiger partial charge is 0.193 e. The molecule has 28 heavy (non-hydrogen) atoms. The molecule has 2 rings (SSSR count). The van der Waals surface area contributed by atoms with E-state index in [1.165, 1.54) is 0 Å². The van der Waals surface area contributed by atoms with Crippen LogP contribution in [0.1, 0.15) is 60.3 Å². The standard InChI is InChI=1S/C23H38O4Si/c1-15-18(4)25-22(19-13-11-10-12-14-19)26-20(15)16(2)21(17(3)24)27-28(8,9)23(5,6)7/h10-16,18,20-22H,1-9H3/t15-,16+,18+,20-,21-,22+/m0/s1. The van der Waals surface area contributed by atoms with Gasteiger partial charge in [0.2, 0.25) is 0 Å². The molecule has 6 atom stereocenters. The largest absolute Gasteiger partial charge is 0.407 e. The van der Waals surface area contributed by atoms with Gasteiger partial charge in [-0.05, 0) is 32.0 Å². The minimum Gasteiger partial charge on any atom is -0.407 e. The van der Waals surface area contributed by atoms with Crippen molar-refractivity contribution in [3.05, 3.63) is 35.9 Å². The van der Waals surface area contributed by atoms with Crippen LogP contribution in [0.2, 0.25) is 18.1 Å². The minimum absolute atomic E-state index is 0.0342. The van der Waals surface area contributed by atoms with Crippen LogP contribution >= 0.6 is 0 Å². The fraction of sp³-hybridized carbons (Fsp3) is 0.696. The first kappa shape index (κ1) is 23.3. The Kier molecular flexibility index (Phi) is 7.30. The highest BCUT2D eigenvalue weighted by atomic mass is 28.4. The molecule has 4 nitrogen and oxygen atoms in total. The summed E-state index contributed by atoms with van der Waals surface area (Å²) in [4.78, 5) is 12.6. The van der Waals surface area contributed by atoms with E-state index >= 15 is 0 Å². The van der Waals surface area contributed by atoms with Crippen LogP contribution < -0.4 is 0 Å². The maximum Gasteiger partial charge on any atom is 0.193 e. The van der Waals surface area contributed by atoms with E-state index in [0.29, 0.717) is 0 Å². The molecule has 158 valence electrons. The normalized spacial score (nSPS) is 28.6. The summed E-state index contributed by atoms with van der Waals surface area (Å²) in [6.45, 7) is 18.9. The highest BCUT2D eigenvalue weighted by Gasteiger charge is 2.46. The van der Waals surface area contributed by atoms with Crippen molar-refractivity contribution in [1.82, 2.24) is 0 Å². The molecular formula is C23H38O4Si. The van der Waals surface area contributed by atoms with Crippen LogP contribution in [-0.4, -0.2) is 32.4 Å². The molecule has 1 saturated heterocycles. The van der Waals surface area contributed by atoms with E-state index in [0.717, 1.165) is 5.56 Å². The molecule has 0 radical (unpaired) electrons. The van der Waals surface area contributed by atoms with Crippen molar-refractivity contribution in [1.29, 1.82) is 0 Å². The number of hydrogen-bond acceptors (Lipinski definition) is 4. The molecule has 0 N–H and O–H groups in total. The van der Waals surface area contributed by atoms with E-state index in [9.17, 15) is 4.79 Å². The van der Waals surface area contributed by atoms with Crippen molar-refractivity contribution in [3.63, 3.8) is 0 Å². The molecule has 1 fully saturated rings. The summed E-state index contributed by atoms with van der Waals surface area (Å²) in [5, 5.41) is 0.0441. The van der Waals surface area contributed by atoms with Gasteiger partial charge in [0.05, 0.1) is 12.2 Å². The Bertz CT molecular complexity index is 652. The van der Waals surface area contributed by atoms with E-state index in [4.69, 9.17) is 13.9 Å². The quantitative estimate of drug-likeness (QED) is 0.565. The summed E-state index contributed by atoms with van der Waals surface area (Å²) in [6, 6.07) is 9.99. The van der Waals surface area contributed by atoms with E-state index in [2.05, 4.69) is 54.6 Å². The molecule has 1 aromatic carbocycles. The van der Waals surface area contributed by atoms with Crippen LogP contribution in [0.4, 0.5) is 0 Å². The van der Waals surface area contributed by atoms with E-state index in [1.807, 2.05) is 30.3 Å². The minimum atomic E-state index is -2.08. The zero-order chi connectivity index (χ0) is 21.3. The molecule has 0 aliphatic carbocycles. The van der Waals surface area contributed by atoms with Gasteiger partial charge in [0.1, 0.15) is 6.10 Å². The molecule has 1 aliphatic rings. The third kappa shape index (κ3) is 5.12. The highest BCUT2D eigenvalue weighted by Crippen LogP contribution is 2.41. The van der Waals surface area contributed by atoms with Gasteiger partial charge in [-0.25, -0.2) is 0 Å². The molecule has 1 aromatic rings. The Morgan fingerprint density at radius 1 is 1.11 bits per heavy atom. The maximum absolute atomic E-state index is 12.6. The first-order valence-corrected chi connectivity index (χ1v) is 13.3. The fourth-order valence-electron chi connectivity index (χ4n) is 3.48. The van der Waals surface area contributed by atoms with Crippen molar-refractivity contribution in [2.45, 2.75) is 91.2 Å². The lowest BCUT2D eigenvalue weighted by Crippen LogP contribution is -2.53. The number of ketones is 1. The van der Waals surface area contributed by atoms with E-state index in [1.54, 1.807) is 6.92 Å². The summed E-state index contributed by atoms with van der Waals surface area (Å²) >= 11 is 0. The number of ether oxygens (including phenoxy) is 2. The number of carbonyl (C=O) groups excluding carboxylic acids is 1. The average Bonchev–Trinajstić information content (AvgIpc) is 2.61. The van der Waals surface area contributed by atoms with Gasteiger partial charge in [-0.2, -0.15) is 0 Å². The number of hydrogen-bond donors (Lipinski definition) is 0. The predicted molar refractivity (Wildman–Crippen MR) is 116 cm³/mol. The molecule has 0 spiro atoms. The van der Waals surface area contributed by atoms with Gasteiger partial charge in [0.25, 0.3) is 0 Å². The highest BCUT2D eigenvalue weighted by molar-refractivity contribution is 6.74. The molecule has 1 aliphatic heterocycles. The fourth-order valence-corrected chi connectivity index (χ4v) is 4.85. The number of benzene rings is 1. The second kappa shape index (κ2) is 8.78. The summed E-state index contributed by atoms with van der Waals surface area (Å²) in [5.41, 5.74) is 1.00. The summed E-state index contributed by atoms with van der Waals surface area (Å²) in [6.07, 6.45) is -0.963. The third-order valence-electron chi connectivity index (χ3n) is 6.57. The molecule has 0 unspecified atom stereocenters. The Labute approximate surface area is 172 Å². The average molecular weight is 407 g/mol. The van der Waals surface area contributed by atoms with Crippen LogP contribution in [0, 0.1) is 11.8 Å². The monoisotopic (exact) mass is 406 g/mol. The molecule has 0 amide bonds. The Balaban J connectivity index is 2.26. The summed E-state index contributed by atoms with van der Waals surface area (Å²) < 4.78 is 19.1. The zero-order valence-corrected chi connectivity index (χ0v) is 20.0. The van der Waals surface area contributed by atoms with Crippen molar-refractivity contribution < 1.29 is 18.7 Å². The van der Waals surface area contributed by atoms with Crippen molar-refractivity contribution in [2.75, 3.05) is 0 Å². The van der Waals surface area contributed by atoms with Gasteiger partial charge in [-0.3, -0.25) is 4.79 Å². The van der Waals surface area contributed by atoms with Crippen LogP contribution in [0.15, 0.2) is 30.3 Å². The van der Waals surface area contributed by atoms with Crippen LogP contribution in [0.5, 0.6) is 0 Å². The third-order valence-corrected chi connectivity index (χ3v) is 11.0. The van der Waals surface area contributed by atoms with E-state index < -0.39 is 20.7 Å².